The van der Waals surface area contributed by atoms with E-state index in [1.807, 2.05) is 6.07 Å². The van der Waals surface area contributed by atoms with Crippen LogP contribution in [0.4, 0.5) is 11.6 Å². The summed E-state index contributed by atoms with van der Waals surface area (Å²) in [6.07, 6.45) is 7.01. The average Bonchev–Trinajstić information content (AvgIpc) is 3.63. The number of pyridine rings is 2. The first-order chi connectivity index (χ1) is 15.8. The molecule has 3 aromatic heterocycles. The molecule has 6 rings (SSSR count). The standard InChI is InChI=1S/C22H23N7O3S/c1-21(13-3-4-13)20(23)29-22(10-33(21,30)31)7-12-8-24-17(6-15(12)22)28-19-18-16(26-11-27-19)5-14(32-2)9-25-18/h5-6,8-9,11,13H,3-4,7,10H2,1-2H3,(H2,23,29)(H,24,26,27,28)/t21-,22-/m0/s1. The van der Waals surface area contributed by atoms with Crippen molar-refractivity contribution in [2.24, 2.45) is 5.92 Å². The van der Waals surface area contributed by atoms with Gasteiger partial charge >= 0.3 is 0 Å². The number of rotatable bonds is 4. The lowest BCUT2D eigenvalue weighted by Crippen LogP contribution is -2.70. The zero-order chi connectivity index (χ0) is 23.0. The molecular weight excluding hydrogens is 442 g/mol. The number of fused-ring (bicyclic) bond motifs is 3. The van der Waals surface area contributed by atoms with Gasteiger partial charge in [0, 0.05) is 18.7 Å². The quantitative estimate of drug-likeness (QED) is 0.528. The molecule has 0 bridgehead atoms. The van der Waals surface area contributed by atoms with Crippen LogP contribution in [0.25, 0.3) is 11.0 Å². The topological polar surface area (TPSA) is 143 Å². The molecule has 11 heteroatoms. The Morgan fingerprint density at radius 2 is 2.00 bits per heavy atom. The largest absolute Gasteiger partial charge is 0.495 e. The first-order valence-electron chi connectivity index (χ1n) is 10.8. The van der Waals surface area contributed by atoms with E-state index in [4.69, 9.17) is 10.1 Å². The van der Waals surface area contributed by atoms with Gasteiger partial charge in [0.05, 0.1) is 30.1 Å². The van der Waals surface area contributed by atoms with Crippen molar-refractivity contribution >= 4 is 38.3 Å². The number of hydrogen-bond acceptors (Lipinski definition) is 9. The fourth-order valence-electron chi connectivity index (χ4n) is 5.06. The first kappa shape index (κ1) is 20.3. The molecule has 33 heavy (non-hydrogen) atoms. The van der Waals surface area contributed by atoms with Gasteiger partial charge < -0.3 is 15.4 Å². The molecule has 0 unspecified atom stereocenters. The minimum atomic E-state index is -3.50. The normalized spacial score (nSPS) is 27.5. The van der Waals surface area contributed by atoms with Crippen LogP contribution in [-0.2, 0) is 21.8 Å². The van der Waals surface area contributed by atoms with Crippen LogP contribution in [0.2, 0.25) is 0 Å². The van der Waals surface area contributed by atoms with E-state index in [9.17, 15) is 8.42 Å². The van der Waals surface area contributed by atoms with E-state index in [0.717, 1.165) is 24.0 Å². The van der Waals surface area contributed by atoms with Crippen LogP contribution < -0.4 is 15.4 Å². The minimum absolute atomic E-state index is 0.0242. The number of nitrogens with zero attached hydrogens (tertiary/aromatic N) is 4. The van der Waals surface area contributed by atoms with Crippen molar-refractivity contribution in [1.29, 1.82) is 5.41 Å². The number of methoxy groups -OCH3 is 1. The summed E-state index contributed by atoms with van der Waals surface area (Å²) >= 11 is 0. The van der Waals surface area contributed by atoms with Crippen molar-refractivity contribution in [2.75, 3.05) is 18.2 Å². The Morgan fingerprint density at radius 3 is 2.73 bits per heavy atom. The molecular formula is C22H23N7O3S. The summed E-state index contributed by atoms with van der Waals surface area (Å²) in [4.78, 5) is 17.4. The second-order valence-electron chi connectivity index (χ2n) is 9.22. The summed E-state index contributed by atoms with van der Waals surface area (Å²) in [6.45, 7) is 1.70. The van der Waals surface area contributed by atoms with Crippen molar-refractivity contribution in [3.63, 3.8) is 0 Å². The summed E-state index contributed by atoms with van der Waals surface area (Å²) in [7, 11) is -1.93. The van der Waals surface area contributed by atoms with E-state index >= 15 is 0 Å². The zero-order valence-corrected chi connectivity index (χ0v) is 19.0. The molecule has 3 N–H and O–H groups in total. The maximum absolute atomic E-state index is 13.3. The van der Waals surface area contributed by atoms with Crippen LogP contribution in [0.3, 0.4) is 0 Å². The molecule has 10 nitrogen and oxygen atoms in total. The van der Waals surface area contributed by atoms with Crippen molar-refractivity contribution in [2.45, 2.75) is 36.5 Å². The highest BCUT2D eigenvalue weighted by molar-refractivity contribution is 7.93. The van der Waals surface area contributed by atoms with E-state index in [1.165, 1.54) is 6.33 Å². The molecule has 1 aliphatic heterocycles. The highest BCUT2D eigenvalue weighted by Gasteiger charge is 2.62. The van der Waals surface area contributed by atoms with Crippen LogP contribution in [0.5, 0.6) is 5.75 Å². The summed E-state index contributed by atoms with van der Waals surface area (Å²) in [6, 6.07) is 3.61. The molecule has 2 fully saturated rings. The van der Waals surface area contributed by atoms with Gasteiger partial charge in [0.15, 0.2) is 15.7 Å². The molecule has 170 valence electrons. The van der Waals surface area contributed by atoms with Crippen molar-refractivity contribution in [3.8, 4) is 5.75 Å². The molecule has 0 radical (unpaired) electrons. The molecule has 1 spiro atoms. The van der Waals surface area contributed by atoms with Gasteiger partial charge in [-0.05, 0) is 42.9 Å². The maximum Gasteiger partial charge on any atom is 0.165 e. The Bertz CT molecular complexity index is 1440. The summed E-state index contributed by atoms with van der Waals surface area (Å²) in [5.41, 5.74) is 2.22. The van der Waals surface area contributed by atoms with Crippen molar-refractivity contribution in [1.82, 2.24) is 25.3 Å². The number of nitrogens with one attached hydrogen (secondary N) is 3. The summed E-state index contributed by atoms with van der Waals surface area (Å²) < 4.78 is 30.8. The Morgan fingerprint density at radius 1 is 1.18 bits per heavy atom. The van der Waals surface area contributed by atoms with E-state index in [2.05, 4.69) is 30.6 Å². The number of sulfone groups is 1. The maximum atomic E-state index is 13.3. The number of aromatic nitrogens is 4. The Balaban J connectivity index is 1.34. The SMILES string of the molecule is COc1cnc2c(Nc3cc4c(cn3)C[C@]43CS(=O)(=O)[C@@](C)(C4CC4)C(=N)N3)ncnc2c1. The highest BCUT2D eigenvalue weighted by atomic mass is 32.2. The molecule has 2 aliphatic carbocycles. The third-order valence-electron chi connectivity index (χ3n) is 7.23. The fourth-order valence-corrected chi connectivity index (χ4v) is 7.45. The van der Waals surface area contributed by atoms with Crippen molar-refractivity contribution < 1.29 is 13.2 Å². The van der Waals surface area contributed by atoms with E-state index in [0.29, 0.717) is 34.8 Å². The van der Waals surface area contributed by atoms with E-state index in [-0.39, 0.29) is 17.5 Å². The molecule has 2 atom stereocenters. The minimum Gasteiger partial charge on any atom is -0.495 e. The van der Waals surface area contributed by atoms with Gasteiger partial charge in [-0.1, -0.05) is 0 Å². The Kier molecular flexibility index (Phi) is 4.05. The molecule has 0 aromatic carbocycles. The molecule has 0 amide bonds. The predicted molar refractivity (Wildman–Crippen MR) is 123 cm³/mol. The second-order valence-corrected chi connectivity index (χ2v) is 11.6. The highest BCUT2D eigenvalue weighted by Crippen LogP contribution is 2.51. The summed E-state index contributed by atoms with van der Waals surface area (Å²) in [5, 5.41) is 15.1. The smallest absolute Gasteiger partial charge is 0.165 e. The number of anilines is 2. The summed E-state index contributed by atoms with van der Waals surface area (Å²) in [5.74, 6) is 1.72. The van der Waals surface area contributed by atoms with Crippen LogP contribution >= 0.6 is 0 Å². The van der Waals surface area contributed by atoms with Gasteiger partial charge in [0.25, 0.3) is 0 Å². The third kappa shape index (κ3) is 2.84. The van der Waals surface area contributed by atoms with Gasteiger partial charge in [0.1, 0.15) is 34.0 Å². The van der Waals surface area contributed by atoms with Gasteiger partial charge in [-0.2, -0.15) is 0 Å². The second kappa shape index (κ2) is 6.60. The van der Waals surface area contributed by atoms with E-state index < -0.39 is 20.1 Å². The Labute approximate surface area is 190 Å². The number of hydrogen-bond donors (Lipinski definition) is 3. The molecule has 3 aromatic rings. The molecule has 1 saturated carbocycles. The molecule has 4 heterocycles. The fraction of sp³-hybridized carbons (Fsp3) is 0.409. The first-order valence-corrected chi connectivity index (χ1v) is 12.4. The lowest BCUT2D eigenvalue weighted by atomic mass is 9.72. The molecule has 3 aliphatic rings. The number of ether oxygens (including phenoxy) is 1. The van der Waals surface area contributed by atoms with Gasteiger partial charge in [-0.3, -0.25) is 5.41 Å². The van der Waals surface area contributed by atoms with Crippen LogP contribution in [0.1, 0.15) is 30.9 Å². The number of amidine groups is 1. The lowest BCUT2D eigenvalue weighted by Gasteiger charge is -2.52. The average molecular weight is 466 g/mol. The molecule has 1 saturated heterocycles. The third-order valence-corrected chi connectivity index (χ3v) is 9.93. The van der Waals surface area contributed by atoms with Gasteiger partial charge in [-0.25, -0.2) is 28.4 Å². The Hall–Kier alpha value is -3.34. The predicted octanol–water partition coefficient (Wildman–Crippen LogP) is 2.09. The van der Waals surface area contributed by atoms with Gasteiger partial charge in [0.2, 0.25) is 0 Å². The van der Waals surface area contributed by atoms with Crippen LogP contribution in [0.15, 0.2) is 30.9 Å². The lowest BCUT2D eigenvalue weighted by molar-refractivity contribution is 0.349. The van der Waals surface area contributed by atoms with E-state index in [1.54, 1.807) is 32.5 Å². The van der Waals surface area contributed by atoms with Crippen LogP contribution in [-0.4, -0.2) is 51.8 Å². The van der Waals surface area contributed by atoms with Gasteiger partial charge in [-0.15, -0.1) is 0 Å². The van der Waals surface area contributed by atoms with Crippen molar-refractivity contribution in [3.05, 3.63) is 42.0 Å². The monoisotopic (exact) mass is 465 g/mol. The zero-order valence-electron chi connectivity index (χ0n) is 18.2. The van der Waals surface area contributed by atoms with Crippen LogP contribution in [0, 0.1) is 11.3 Å².